The molecule has 1 aromatic heterocycles. The van der Waals surface area contributed by atoms with Crippen molar-refractivity contribution in [3.05, 3.63) is 36.5 Å². The third kappa shape index (κ3) is 4.70. The van der Waals surface area contributed by atoms with Gasteiger partial charge in [0.05, 0.1) is 7.11 Å². The number of ether oxygens (including phenoxy) is 1. The van der Waals surface area contributed by atoms with Crippen LogP contribution >= 0.6 is 0 Å². The van der Waals surface area contributed by atoms with Gasteiger partial charge in [-0.2, -0.15) is 4.98 Å². The van der Waals surface area contributed by atoms with Gasteiger partial charge >= 0.3 is 0 Å². The first-order valence-corrected chi connectivity index (χ1v) is 4.85. The zero-order valence-corrected chi connectivity index (χ0v) is 9.50. The second kappa shape index (κ2) is 6.16. The minimum Gasteiger partial charge on any atom is -0.497 e. The van der Waals surface area contributed by atoms with E-state index >= 15 is 0 Å². The Morgan fingerprint density at radius 3 is 2.29 bits per heavy atom. The minimum absolute atomic E-state index is 0.213. The predicted molar refractivity (Wildman–Crippen MR) is 68.3 cm³/mol. The van der Waals surface area contributed by atoms with E-state index in [2.05, 4.69) is 9.97 Å². The molecule has 0 aliphatic rings. The number of nitrogens with zero attached hydrogens (tertiary/aromatic N) is 2. The molecule has 0 bridgehead atoms. The van der Waals surface area contributed by atoms with Gasteiger partial charge in [-0.1, -0.05) is 6.07 Å². The molecule has 0 aliphatic heterocycles. The van der Waals surface area contributed by atoms with E-state index in [9.17, 15) is 0 Å². The molecule has 2 aromatic rings. The molecule has 6 heteroatoms. The normalized spacial score (nSPS) is 9.00. The summed E-state index contributed by atoms with van der Waals surface area (Å²) in [5.41, 5.74) is 16.6. The summed E-state index contributed by atoms with van der Waals surface area (Å²) < 4.78 is 4.92. The Kier molecular flexibility index (Phi) is 4.56. The predicted octanol–water partition coefficient (Wildman–Crippen LogP) is 0.918. The van der Waals surface area contributed by atoms with Crippen molar-refractivity contribution < 1.29 is 4.74 Å². The van der Waals surface area contributed by atoms with Crippen molar-refractivity contribution in [1.29, 1.82) is 0 Å². The molecule has 6 nitrogen and oxygen atoms in total. The zero-order chi connectivity index (χ0) is 12.7. The van der Waals surface area contributed by atoms with Crippen molar-refractivity contribution in [1.82, 2.24) is 9.97 Å². The molecular formula is C11H15N5O. The van der Waals surface area contributed by atoms with E-state index in [-0.39, 0.29) is 5.95 Å². The van der Waals surface area contributed by atoms with Crippen molar-refractivity contribution in [3.8, 4) is 5.75 Å². The molecule has 0 saturated carbocycles. The van der Waals surface area contributed by atoms with Crippen LogP contribution in [0.15, 0.2) is 36.5 Å². The molecule has 0 saturated heterocycles. The van der Waals surface area contributed by atoms with Gasteiger partial charge < -0.3 is 21.9 Å². The largest absolute Gasteiger partial charge is 0.497 e. The Labute approximate surface area is 99.4 Å². The average Bonchev–Trinajstić information content (AvgIpc) is 2.29. The highest BCUT2D eigenvalue weighted by molar-refractivity contribution is 5.43. The van der Waals surface area contributed by atoms with Gasteiger partial charge in [0.25, 0.3) is 0 Å². The maximum Gasteiger partial charge on any atom is 0.221 e. The van der Waals surface area contributed by atoms with Gasteiger partial charge in [-0.25, -0.2) is 4.98 Å². The smallest absolute Gasteiger partial charge is 0.221 e. The fourth-order valence-electron chi connectivity index (χ4n) is 1.03. The summed E-state index contributed by atoms with van der Waals surface area (Å²) in [6.45, 7) is 0. The van der Waals surface area contributed by atoms with Gasteiger partial charge in [0, 0.05) is 18.0 Å². The molecule has 17 heavy (non-hydrogen) atoms. The summed E-state index contributed by atoms with van der Waals surface area (Å²) in [4.78, 5) is 7.24. The molecule has 6 N–H and O–H groups in total. The third-order valence-electron chi connectivity index (χ3n) is 1.79. The monoisotopic (exact) mass is 233 g/mol. The molecular weight excluding hydrogens is 218 g/mol. The number of methoxy groups -OCH3 is 1. The lowest BCUT2D eigenvalue weighted by Gasteiger charge is -1.97. The molecule has 0 atom stereocenters. The van der Waals surface area contributed by atoms with E-state index in [1.54, 1.807) is 19.2 Å². The van der Waals surface area contributed by atoms with Gasteiger partial charge in [-0.15, -0.1) is 0 Å². The number of rotatable bonds is 1. The van der Waals surface area contributed by atoms with Crippen molar-refractivity contribution in [3.63, 3.8) is 0 Å². The first kappa shape index (κ1) is 12.6. The number of hydrogen-bond donors (Lipinski definition) is 3. The zero-order valence-electron chi connectivity index (χ0n) is 9.50. The van der Waals surface area contributed by atoms with E-state index in [0.29, 0.717) is 5.82 Å². The molecule has 0 aliphatic carbocycles. The lowest BCUT2D eigenvalue weighted by Crippen LogP contribution is -1.96. The summed E-state index contributed by atoms with van der Waals surface area (Å²) in [6.07, 6.45) is 1.51. The van der Waals surface area contributed by atoms with E-state index in [4.69, 9.17) is 21.9 Å². The SMILES string of the molecule is COc1cccc(N)c1.Nc1ccnc(N)n1. The Morgan fingerprint density at radius 2 is 1.88 bits per heavy atom. The molecule has 0 amide bonds. The lowest BCUT2D eigenvalue weighted by molar-refractivity contribution is 0.415. The van der Waals surface area contributed by atoms with Crippen LogP contribution in [0.25, 0.3) is 0 Å². The summed E-state index contributed by atoms with van der Waals surface area (Å²) in [6, 6.07) is 8.89. The van der Waals surface area contributed by atoms with Crippen molar-refractivity contribution in [2.24, 2.45) is 0 Å². The van der Waals surface area contributed by atoms with Crippen molar-refractivity contribution in [2.75, 3.05) is 24.3 Å². The molecule has 0 fully saturated rings. The molecule has 2 rings (SSSR count). The van der Waals surface area contributed by atoms with Gasteiger partial charge in [-0.3, -0.25) is 0 Å². The third-order valence-corrected chi connectivity index (χ3v) is 1.79. The van der Waals surface area contributed by atoms with Crippen LogP contribution < -0.4 is 21.9 Å². The molecule has 0 unspecified atom stereocenters. The van der Waals surface area contributed by atoms with Gasteiger partial charge in [0.2, 0.25) is 5.95 Å². The summed E-state index contributed by atoms with van der Waals surface area (Å²) >= 11 is 0. The van der Waals surface area contributed by atoms with Crippen molar-refractivity contribution >= 4 is 17.5 Å². The molecule has 90 valence electrons. The average molecular weight is 233 g/mol. The molecule has 1 heterocycles. The van der Waals surface area contributed by atoms with Crippen LogP contribution in [0.1, 0.15) is 0 Å². The van der Waals surface area contributed by atoms with E-state index in [1.807, 2.05) is 18.2 Å². The maximum absolute atomic E-state index is 5.45. The number of aromatic nitrogens is 2. The van der Waals surface area contributed by atoms with Crippen LogP contribution in [-0.2, 0) is 0 Å². The Balaban J connectivity index is 0.000000171. The van der Waals surface area contributed by atoms with Gasteiger partial charge in [0.15, 0.2) is 0 Å². The number of nitrogen functional groups attached to an aromatic ring is 3. The van der Waals surface area contributed by atoms with E-state index in [0.717, 1.165) is 11.4 Å². The molecule has 0 radical (unpaired) electrons. The molecule has 1 aromatic carbocycles. The fourth-order valence-corrected chi connectivity index (χ4v) is 1.03. The van der Waals surface area contributed by atoms with Crippen LogP contribution in [0.3, 0.4) is 0 Å². The summed E-state index contributed by atoms with van der Waals surface area (Å²) in [5.74, 6) is 1.41. The highest BCUT2D eigenvalue weighted by atomic mass is 16.5. The highest BCUT2D eigenvalue weighted by Gasteiger charge is 1.87. The Bertz CT molecular complexity index is 458. The van der Waals surface area contributed by atoms with Crippen LogP contribution in [-0.4, -0.2) is 17.1 Å². The molecule has 0 spiro atoms. The summed E-state index contributed by atoms with van der Waals surface area (Å²) in [5, 5.41) is 0. The van der Waals surface area contributed by atoms with E-state index < -0.39 is 0 Å². The first-order valence-electron chi connectivity index (χ1n) is 4.85. The number of hydrogen-bond acceptors (Lipinski definition) is 6. The van der Waals surface area contributed by atoms with Gasteiger partial charge in [0.1, 0.15) is 11.6 Å². The lowest BCUT2D eigenvalue weighted by atomic mass is 10.3. The van der Waals surface area contributed by atoms with Crippen LogP contribution in [0.5, 0.6) is 5.75 Å². The minimum atomic E-state index is 0.213. The van der Waals surface area contributed by atoms with Crippen LogP contribution in [0.4, 0.5) is 17.5 Å². The van der Waals surface area contributed by atoms with Crippen LogP contribution in [0.2, 0.25) is 0 Å². The number of benzene rings is 1. The quantitative estimate of drug-likeness (QED) is 0.631. The second-order valence-electron chi connectivity index (χ2n) is 3.12. The van der Waals surface area contributed by atoms with Crippen LogP contribution in [0, 0.1) is 0 Å². The first-order chi connectivity index (χ1) is 8.11. The summed E-state index contributed by atoms with van der Waals surface area (Å²) in [7, 11) is 1.62. The number of anilines is 3. The fraction of sp³-hybridized carbons (Fsp3) is 0.0909. The topological polar surface area (TPSA) is 113 Å². The Morgan fingerprint density at radius 1 is 1.12 bits per heavy atom. The maximum atomic E-state index is 5.45. The number of nitrogens with two attached hydrogens (primary N) is 3. The standard InChI is InChI=1S/C7H9NO.C4H6N4/c1-9-7-4-2-3-6(8)5-7;5-3-1-2-7-4(6)8-3/h2-5H,8H2,1H3;1-2H,(H4,5,6,7,8). The van der Waals surface area contributed by atoms with Crippen molar-refractivity contribution in [2.45, 2.75) is 0 Å². The van der Waals surface area contributed by atoms with E-state index in [1.165, 1.54) is 6.20 Å². The second-order valence-corrected chi connectivity index (χ2v) is 3.12. The van der Waals surface area contributed by atoms with Gasteiger partial charge in [-0.05, 0) is 18.2 Å². The Hall–Kier alpha value is -2.50. The highest BCUT2D eigenvalue weighted by Crippen LogP contribution is 2.12.